The fourth-order valence-corrected chi connectivity index (χ4v) is 3.70. The second-order valence-corrected chi connectivity index (χ2v) is 8.71. The molecule has 0 aliphatic carbocycles. The zero-order valence-electron chi connectivity index (χ0n) is 18.3. The molecule has 7 heteroatoms. The predicted molar refractivity (Wildman–Crippen MR) is 133 cm³/mol. The van der Waals surface area contributed by atoms with E-state index in [0.717, 1.165) is 22.0 Å². The van der Waals surface area contributed by atoms with Gasteiger partial charge in [-0.05, 0) is 60.0 Å². The van der Waals surface area contributed by atoms with Crippen LogP contribution < -0.4 is 10.3 Å². The van der Waals surface area contributed by atoms with Gasteiger partial charge in [-0.25, -0.2) is 9.37 Å². The average Bonchev–Trinajstić information content (AvgIpc) is 2.83. The van der Waals surface area contributed by atoms with Crippen molar-refractivity contribution < 1.29 is 9.13 Å². The van der Waals surface area contributed by atoms with Crippen molar-refractivity contribution in [3.8, 4) is 5.75 Å². The van der Waals surface area contributed by atoms with Gasteiger partial charge in [0.1, 0.15) is 24.0 Å². The summed E-state index contributed by atoms with van der Waals surface area (Å²) < 4.78 is 21.1. The molecule has 1 aromatic heterocycles. The smallest absolute Gasteiger partial charge is 0.282 e. The molecule has 0 aliphatic heterocycles. The lowest BCUT2D eigenvalue weighted by Crippen LogP contribution is -2.23. The van der Waals surface area contributed by atoms with Gasteiger partial charge in [-0.3, -0.25) is 4.79 Å². The number of benzene rings is 3. The minimum Gasteiger partial charge on any atom is -0.489 e. The van der Waals surface area contributed by atoms with Crippen LogP contribution in [0.25, 0.3) is 10.9 Å². The second kappa shape index (κ2) is 10.1. The summed E-state index contributed by atoms with van der Waals surface area (Å²) in [7, 11) is 0. The Kier molecular flexibility index (Phi) is 6.99. The SMILES string of the molecule is CC[C@@H](C)c1nc2ccc(Br)cc2c(=O)n1N=Cc1cccc(OCc2ccc(F)cc2)c1. The summed E-state index contributed by atoms with van der Waals surface area (Å²) in [5, 5.41) is 5.00. The normalized spacial score (nSPS) is 12.4. The molecule has 4 aromatic rings. The first-order valence-electron chi connectivity index (χ1n) is 10.7. The van der Waals surface area contributed by atoms with Crippen LogP contribution >= 0.6 is 15.9 Å². The number of rotatable bonds is 7. The minimum atomic E-state index is -0.278. The van der Waals surface area contributed by atoms with Gasteiger partial charge in [0.05, 0.1) is 17.1 Å². The number of ether oxygens (including phenoxy) is 1. The van der Waals surface area contributed by atoms with Crippen molar-refractivity contribution in [2.24, 2.45) is 5.10 Å². The maximum absolute atomic E-state index is 13.2. The van der Waals surface area contributed by atoms with E-state index in [-0.39, 0.29) is 17.3 Å². The van der Waals surface area contributed by atoms with E-state index in [2.05, 4.69) is 28.0 Å². The Morgan fingerprint density at radius 3 is 2.70 bits per heavy atom. The van der Waals surface area contributed by atoms with E-state index in [0.29, 0.717) is 29.1 Å². The highest BCUT2D eigenvalue weighted by Gasteiger charge is 2.15. The highest BCUT2D eigenvalue weighted by Crippen LogP contribution is 2.21. The van der Waals surface area contributed by atoms with Gasteiger partial charge in [-0.2, -0.15) is 9.78 Å². The lowest BCUT2D eigenvalue weighted by molar-refractivity contribution is 0.306. The number of hydrogen-bond donors (Lipinski definition) is 0. The molecule has 3 aromatic carbocycles. The highest BCUT2D eigenvalue weighted by atomic mass is 79.9. The average molecular weight is 508 g/mol. The Balaban J connectivity index is 1.63. The first-order valence-corrected chi connectivity index (χ1v) is 11.5. The quantitative estimate of drug-likeness (QED) is 0.277. The molecule has 0 amide bonds. The fourth-order valence-electron chi connectivity index (χ4n) is 3.34. The maximum Gasteiger partial charge on any atom is 0.282 e. The molecule has 5 nitrogen and oxygen atoms in total. The third-order valence-corrected chi connectivity index (χ3v) is 5.88. The molecule has 0 saturated heterocycles. The van der Waals surface area contributed by atoms with Crippen LogP contribution in [-0.2, 0) is 6.61 Å². The van der Waals surface area contributed by atoms with Crippen LogP contribution in [0.15, 0.2) is 81.1 Å². The van der Waals surface area contributed by atoms with Crippen LogP contribution in [-0.4, -0.2) is 15.9 Å². The van der Waals surface area contributed by atoms with E-state index >= 15 is 0 Å². The van der Waals surface area contributed by atoms with E-state index in [1.165, 1.54) is 16.8 Å². The third-order valence-electron chi connectivity index (χ3n) is 5.39. The summed E-state index contributed by atoms with van der Waals surface area (Å²) >= 11 is 3.42. The summed E-state index contributed by atoms with van der Waals surface area (Å²) in [4.78, 5) is 18.0. The Labute approximate surface area is 199 Å². The third kappa shape index (κ3) is 5.37. The molecule has 1 atom stereocenters. The molecule has 168 valence electrons. The van der Waals surface area contributed by atoms with Gasteiger partial charge in [-0.15, -0.1) is 0 Å². The molecule has 0 radical (unpaired) electrons. The van der Waals surface area contributed by atoms with E-state index in [1.807, 2.05) is 43.3 Å². The van der Waals surface area contributed by atoms with E-state index < -0.39 is 0 Å². The van der Waals surface area contributed by atoms with Crippen LogP contribution in [0.4, 0.5) is 4.39 Å². The summed E-state index contributed by atoms with van der Waals surface area (Å²) in [5.74, 6) is 1.06. The van der Waals surface area contributed by atoms with Crippen LogP contribution in [0, 0.1) is 5.82 Å². The monoisotopic (exact) mass is 507 g/mol. The molecule has 0 bridgehead atoms. The van der Waals surface area contributed by atoms with Gasteiger partial charge < -0.3 is 4.74 Å². The molecule has 0 fully saturated rings. The topological polar surface area (TPSA) is 56.5 Å². The summed E-state index contributed by atoms with van der Waals surface area (Å²) in [5.41, 5.74) is 2.09. The lowest BCUT2D eigenvalue weighted by atomic mass is 10.1. The molecule has 33 heavy (non-hydrogen) atoms. The van der Waals surface area contributed by atoms with Crippen LogP contribution in [0.3, 0.4) is 0 Å². The second-order valence-electron chi connectivity index (χ2n) is 7.79. The van der Waals surface area contributed by atoms with E-state index in [9.17, 15) is 9.18 Å². The summed E-state index contributed by atoms with van der Waals surface area (Å²) in [6.45, 7) is 4.41. The Morgan fingerprint density at radius 2 is 1.94 bits per heavy atom. The minimum absolute atomic E-state index is 0.0632. The van der Waals surface area contributed by atoms with Crippen molar-refractivity contribution in [1.29, 1.82) is 0 Å². The van der Waals surface area contributed by atoms with Crippen molar-refractivity contribution in [3.63, 3.8) is 0 Å². The number of aromatic nitrogens is 2. The maximum atomic E-state index is 13.2. The molecule has 0 saturated carbocycles. The number of fused-ring (bicyclic) bond motifs is 1. The first kappa shape index (κ1) is 22.9. The van der Waals surface area contributed by atoms with E-state index in [1.54, 1.807) is 24.4 Å². The molecule has 0 N–H and O–H groups in total. The lowest BCUT2D eigenvalue weighted by Gasteiger charge is -2.14. The summed E-state index contributed by atoms with van der Waals surface area (Å²) in [6.07, 6.45) is 2.46. The van der Waals surface area contributed by atoms with Gasteiger partial charge in [0.25, 0.3) is 5.56 Å². The Morgan fingerprint density at radius 1 is 1.15 bits per heavy atom. The van der Waals surface area contributed by atoms with Crippen molar-refractivity contribution in [2.45, 2.75) is 32.8 Å². The molecular formula is C26H23BrFN3O2. The zero-order chi connectivity index (χ0) is 23.4. The molecule has 4 rings (SSSR count). The number of halogens is 2. The van der Waals surface area contributed by atoms with Crippen molar-refractivity contribution in [3.05, 3.63) is 104 Å². The van der Waals surface area contributed by atoms with Crippen LogP contribution in [0.1, 0.15) is 43.1 Å². The van der Waals surface area contributed by atoms with Crippen molar-refractivity contribution in [1.82, 2.24) is 9.66 Å². The van der Waals surface area contributed by atoms with Crippen molar-refractivity contribution in [2.75, 3.05) is 0 Å². The predicted octanol–water partition coefficient (Wildman–Crippen LogP) is 6.27. The Bertz CT molecular complexity index is 1370. The van der Waals surface area contributed by atoms with Crippen molar-refractivity contribution >= 4 is 33.0 Å². The standard InChI is InChI=1S/C26H23BrFN3O2/c1-3-17(2)25-30-24-12-9-20(27)14-23(24)26(32)31(25)29-15-19-5-4-6-22(13-19)33-16-18-7-10-21(28)11-8-18/h4-15,17H,3,16H2,1-2H3/t17-/m1/s1. The largest absolute Gasteiger partial charge is 0.489 e. The van der Waals surface area contributed by atoms with Gasteiger partial charge in [0.2, 0.25) is 0 Å². The van der Waals surface area contributed by atoms with Gasteiger partial charge in [0, 0.05) is 10.4 Å². The van der Waals surface area contributed by atoms with Gasteiger partial charge >= 0.3 is 0 Å². The first-order chi connectivity index (χ1) is 15.9. The Hall–Kier alpha value is -3.32. The van der Waals surface area contributed by atoms with E-state index in [4.69, 9.17) is 9.72 Å². The zero-order valence-corrected chi connectivity index (χ0v) is 19.9. The van der Waals surface area contributed by atoms with Crippen LogP contribution in [0.5, 0.6) is 5.75 Å². The molecule has 0 aliphatic rings. The molecule has 1 heterocycles. The number of nitrogens with zero attached hydrogens (tertiary/aromatic N) is 3. The summed E-state index contributed by atoms with van der Waals surface area (Å²) in [6, 6.07) is 19.1. The molecule has 0 spiro atoms. The van der Waals surface area contributed by atoms with Gasteiger partial charge in [-0.1, -0.05) is 54.0 Å². The fraction of sp³-hybridized carbons (Fsp3) is 0.192. The molecular weight excluding hydrogens is 485 g/mol. The highest BCUT2D eigenvalue weighted by molar-refractivity contribution is 9.10. The molecule has 0 unspecified atom stereocenters. The van der Waals surface area contributed by atoms with Crippen LogP contribution in [0.2, 0.25) is 0 Å². The number of hydrogen-bond acceptors (Lipinski definition) is 4. The van der Waals surface area contributed by atoms with Gasteiger partial charge in [0.15, 0.2) is 0 Å².